The number of likely N-dealkylation sites (N-methyl/N-ethyl adjacent to an activating group) is 1. The fraction of sp³-hybridized carbons (Fsp3) is 0.421. The van der Waals surface area contributed by atoms with Crippen LogP contribution in [0, 0.1) is 0 Å². The van der Waals surface area contributed by atoms with Crippen LogP contribution in [0.15, 0.2) is 42.5 Å². The van der Waals surface area contributed by atoms with Crippen molar-refractivity contribution in [1.29, 1.82) is 0 Å². The zero-order valence-corrected chi connectivity index (χ0v) is 13.9. The monoisotopic (exact) mass is 311 g/mol. The molecule has 0 aliphatic carbocycles. The molecule has 1 aliphatic heterocycles. The van der Waals surface area contributed by atoms with Gasteiger partial charge in [0.2, 0.25) is 0 Å². The second kappa shape index (κ2) is 7.01. The zero-order chi connectivity index (χ0) is 16.2. The summed E-state index contributed by atoms with van der Waals surface area (Å²) in [5.41, 5.74) is 1.15. The molecule has 2 atom stereocenters. The first-order valence-corrected chi connectivity index (χ1v) is 8.37. The topological polar surface area (TPSA) is 44.4 Å². The van der Waals surface area contributed by atoms with Gasteiger partial charge in [0.1, 0.15) is 0 Å². The van der Waals surface area contributed by atoms with Gasteiger partial charge in [0.15, 0.2) is 0 Å². The highest BCUT2D eigenvalue weighted by molar-refractivity contribution is 5.86. The predicted octanol–water partition coefficient (Wildman–Crippen LogP) is 3.29. The Morgan fingerprint density at radius 1 is 1.22 bits per heavy atom. The Labute approximate surface area is 137 Å². The molecule has 1 fully saturated rings. The molecule has 3 rings (SSSR count). The zero-order valence-electron chi connectivity index (χ0n) is 13.9. The molecule has 0 saturated carbocycles. The lowest BCUT2D eigenvalue weighted by Gasteiger charge is -2.30. The lowest BCUT2D eigenvalue weighted by atomic mass is 10.00. The molecule has 23 heavy (non-hydrogen) atoms. The smallest absolute Gasteiger partial charge is 0.315 e. The van der Waals surface area contributed by atoms with Gasteiger partial charge in [-0.2, -0.15) is 0 Å². The number of rotatable bonds is 3. The number of amides is 2. The number of carbonyl (C=O) groups excluding carboxylic acids is 1. The van der Waals surface area contributed by atoms with Crippen molar-refractivity contribution in [3.8, 4) is 0 Å². The third kappa shape index (κ3) is 3.82. The molecule has 122 valence electrons. The Balaban J connectivity index is 1.66. The molecule has 1 saturated heterocycles. The van der Waals surface area contributed by atoms with Crippen molar-refractivity contribution >= 4 is 16.8 Å². The van der Waals surface area contributed by atoms with Crippen LogP contribution in [0.25, 0.3) is 10.8 Å². The van der Waals surface area contributed by atoms with Crippen molar-refractivity contribution in [3.05, 3.63) is 48.0 Å². The molecule has 2 aromatic carbocycles. The van der Waals surface area contributed by atoms with Crippen LogP contribution in [0.2, 0.25) is 0 Å². The molecule has 0 bridgehead atoms. The van der Waals surface area contributed by atoms with E-state index in [0.717, 1.165) is 31.5 Å². The number of piperidine rings is 1. The van der Waals surface area contributed by atoms with E-state index in [4.69, 9.17) is 0 Å². The van der Waals surface area contributed by atoms with Gasteiger partial charge in [0.05, 0.1) is 6.04 Å². The van der Waals surface area contributed by atoms with Crippen LogP contribution in [0.5, 0.6) is 0 Å². The van der Waals surface area contributed by atoms with E-state index in [-0.39, 0.29) is 18.1 Å². The fourth-order valence-corrected chi connectivity index (χ4v) is 3.41. The predicted molar refractivity (Wildman–Crippen MR) is 94.5 cm³/mol. The quantitative estimate of drug-likeness (QED) is 0.913. The van der Waals surface area contributed by atoms with E-state index < -0.39 is 0 Å². The van der Waals surface area contributed by atoms with Crippen LogP contribution in [0.4, 0.5) is 4.79 Å². The van der Waals surface area contributed by atoms with E-state index >= 15 is 0 Å². The Bertz CT molecular complexity index is 680. The third-order valence-electron chi connectivity index (χ3n) is 4.60. The third-order valence-corrected chi connectivity index (χ3v) is 4.60. The van der Waals surface area contributed by atoms with Crippen LogP contribution in [0.3, 0.4) is 0 Å². The van der Waals surface area contributed by atoms with E-state index in [0.29, 0.717) is 0 Å². The van der Waals surface area contributed by atoms with Gasteiger partial charge in [-0.15, -0.1) is 0 Å². The Morgan fingerprint density at radius 3 is 2.83 bits per heavy atom. The summed E-state index contributed by atoms with van der Waals surface area (Å²) in [6, 6.07) is 14.7. The molecule has 1 aliphatic rings. The maximum atomic E-state index is 12.3. The van der Waals surface area contributed by atoms with Gasteiger partial charge >= 0.3 is 6.03 Å². The standard InChI is InChI=1S/C19H25N3O/c1-14(17-11-5-8-15-7-3-4-10-18(15)17)20-19(23)21-16-9-6-12-22(2)13-16/h3-5,7-8,10-11,14,16H,6,9,12-13H2,1-2H3,(H2,20,21,23)/t14-,16-/m0/s1. The van der Waals surface area contributed by atoms with Crippen molar-refractivity contribution in [2.75, 3.05) is 20.1 Å². The number of nitrogens with one attached hydrogen (secondary N) is 2. The number of carbonyl (C=O) groups is 1. The number of urea groups is 1. The van der Waals surface area contributed by atoms with Gasteiger partial charge in [-0.25, -0.2) is 4.79 Å². The van der Waals surface area contributed by atoms with Gasteiger partial charge < -0.3 is 15.5 Å². The molecule has 1 heterocycles. The average Bonchev–Trinajstić information content (AvgIpc) is 2.54. The first-order chi connectivity index (χ1) is 11.1. The summed E-state index contributed by atoms with van der Waals surface area (Å²) >= 11 is 0. The summed E-state index contributed by atoms with van der Waals surface area (Å²) in [5.74, 6) is 0. The van der Waals surface area contributed by atoms with Crippen LogP contribution in [-0.4, -0.2) is 37.1 Å². The molecule has 0 unspecified atom stereocenters. The number of fused-ring (bicyclic) bond motifs is 1. The SMILES string of the molecule is C[C@H](NC(=O)N[C@H]1CCCN(C)C1)c1cccc2ccccc12. The Hall–Kier alpha value is -2.07. The van der Waals surface area contributed by atoms with E-state index in [1.807, 2.05) is 25.1 Å². The summed E-state index contributed by atoms with van der Waals surface area (Å²) in [5, 5.41) is 8.58. The van der Waals surface area contributed by atoms with Crippen molar-refractivity contribution in [2.24, 2.45) is 0 Å². The Morgan fingerprint density at radius 2 is 2.00 bits per heavy atom. The summed E-state index contributed by atoms with van der Waals surface area (Å²) in [7, 11) is 2.10. The largest absolute Gasteiger partial charge is 0.334 e. The minimum atomic E-state index is -0.0780. The first-order valence-electron chi connectivity index (χ1n) is 8.37. The van der Waals surface area contributed by atoms with Crippen LogP contribution in [0.1, 0.15) is 31.4 Å². The van der Waals surface area contributed by atoms with Crippen molar-refractivity contribution in [3.63, 3.8) is 0 Å². The molecule has 2 N–H and O–H groups in total. The molecule has 2 aromatic rings. The van der Waals surface area contributed by atoms with Gasteiger partial charge in [-0.3, -0.25) is 0 Å². The van der Waals surface area contributed by atoms with E-state index in [9.17, 15) is 4.79 Å². The van der Waals surface area contributed by atoms with Crippen LogP contribution < -0.4 is 10.6 Å². The van der Waals surface area contributed by atoms with Crippen LogP contribution >= 0.6 is 0 Å². The molecule has 4 nitrogen and oxygen atoms in total. The van der Waals surface area contributed by atoms with E-state index in [2.05, 4.69) is 46.8 Å². The minimum absolute atomic E-state index is 0.0255. The van der Waals surface area contributed by atoms with Gasteiger partial charge in [-0.05, 0) is 49.7 Å². The van der Waals surface area contributed by atoms with Gasteiger partial charge in [0, 0.05) is 12.6 Å². The summed E-state index contributed by atoms with van der Waals surface area (Å²) in [4.78, 5) is 14.6. The van der Waals surface area contributed by atoms with Gasteiger partial charge in [-0.1, -0.05) is 42.5 Å². The van der Waals surface area contributed by atoms with Crippen LogP contribution in [-0.2, 0) is 0 Å². The number of hydrogen-bond acceptors (Lipinski definition) is 2. The lowest BCUT2D eigenvalue weighted by molar-refractivity contribution is 0.207. The maximum absolute atomic E-state index is 12.3. The molecule has 2 amide bonds. The maximum Gasteiger partial charge on any atom is 0.315 e. The van der Waals surface area contributed by atoms with Crippen molar-refractivity contribution in [2.45, 2.75) is 31.8 Å². The second-order valence-corrected chi connectivity index (χ2v) is 6.51. The minimum Gasteiger partial charge on any atom is -0.334 e. The molecular formula is C19H25N3O. The lowest BCUT2D eigenvalue weighted by Crippen LogP contribution is -2.49. The average molecular weight is 311 g/mol. The molecule has 4 heteroatoms. The number of nitrogens with zero attached hydrogens (tertiary/aromatic N) is 1. The number of likely N-dealkylation sites (tertiary alicyclic amines) is 1. The highest BCUT2D eigenvalue weighted by Gasteiger charge is 2.20. The van der Waals surface area contributed by atoms with E-state index in [1.54, 1.807) is 0 Å². The summed E-state index contributed by atoms with van der Waals surface area (Å²) < 4.78 is 0. The highest BCUT2D eigenvalue weighted by Crippen LogP contribution is 2.24. The molecular weight excluding hydrogens is 286 g/mol. The first kappa shape index (κ1) is 15.8. The molecule has 0 radical (unpaired) electrons. The second-order valence-electron chi connectivity index (χ2n) is 6.51. The Kier molecular flexibility index (Phi) is 4.82. The van der Waals surface area contributed by atoms with E-state index in [1.165, 1.54) is 10.8 Å². The summed E-state index contributed by atoms with van der Waals surface area (Å²) in [6.45, 7) is 4.08. The van der Waals surface area contributed by atoms with Gasteiger partial charge in [0.25, 0.3) is 0 Å². The normalized spacial score (nSPS) is 20.2. The van der Waals surface area contributed by atoms with Crippen molar-refractivity contribution in [1.82, 2.24) is 15.5 Å². The molecule has 0 spiro atoms. The summed E-state index contributed by atoms with van der Waals surface area (Å²) in [6.07, 6.45) is 2.20. The fourth-order valence-electron chi connectivity index (χ4n) is 3.41. The number of benzene rings is 2. The number of hydrogen-bond donors (Lipinski definition) is 2. The molecule has 0 aromatic heterocycles. The highest BCUT2D eigenvalue weighted by atomic mass is 16.2. The van der Waals surface area contributed by atoms with Crippen molar-refractivity contribution < 1.29 is 4.79 Å².